The summed E-state index contributed by atoms with van der Waals surface area (Å²) in [7, 11) is 0. The van der Waals surface area contributed by atoms with Crippen LogP contribution in [0, 0.1) is 0 Å². The van der Waals surface area contributed by atoms with Crippen LogP contribution >= 0.6 is 23.5 Å². The van der Waals surface area contributed by atoms with E-state index in [0.717, 1.165) is 21.2 Å². The average Bonchev–Trinajstić information content (AvgIpc) is 2.54. The van der Waals surface area contributed by atoms with Crippen LogP contribution in [0.2, 0.25) is 0 Å². The molecule has 0 saturated heterocycles. The largest absolute Gasteiger partial charge is 0.326 e. The van der Waals surface area contributed by atoms with Crippen molar-refractivity contribution in [1.82, 2.24) is 0 Å². The predicted molar refractivity (Wildman–Crippen MR) is 98.3 cm³/mol. The smallest absolute Gasteiger partial charge is 0.234 e. The summed E-state index contributed by atoms with van der Waals surface area (Å²) in [6, 6.07) is 15.2. The molecule has 2 aromatic carbocycles. The molecule has 23 heavy (non-hydrogen) atoms. The van der Waals surface area contributed by atoms with E-state index in [1.54, 1.807) is 11.8 Å². The molecule has 0 aliphatic rings. The van der Waals surface area contributed by atoms with Crippen LogP contribution < -0.4 is 10.6 Å². The van der Waals surface area contributed by atoms with E-state index >= 15 is 0 Å². The van der Waals surface area contributed by atoms with Crippen molar-refractivity contribution in [2.24, 2.45) is 0 Å². The van der Waals surface area contributed by atoms with E-state index in [-0.39, 0.29) is 11.8 Å². The lowest BCUT2D eigenvalue weighted by atomic mass is 10.3. The average molecular weight is 346 g/mol. The van der Waals surface area contributed by atoms with E-state index in [1.165, 1.54) is 18.7 Å². The highest BCUT2D eigenvalue weighted by molar-refractivity contribution is 8.00. The van der Waals surface area contributed by atoms with Crippen LogP contribution in [0.4, 0.5) is 11.4 Å². The fourth-order valence-corrected chi connectivity index (χ4v) is 3.04. The highest BCUT2D eigenvalue weighted by Crippen LogP contribution is 2.22. The molecule has 0 unspecified atom stereocenters. The molecule has 0 atom stereocenters. The molecule has 2 amide bonds. The van der Waals surface area contributed by atoms with Gasteiger partial charge in [-0.1, -0.05) is 6.07 Å². The highest BCUT2D eigenvalue weighted by Gasteiger charge is 2.05. The second kappa shape index (κ2) is 8.64. The van der Waals surface area contributed by atoms with Crippen molar-refractivity contribution in [1.29, 1.82) is 0 Å². The van der Waals surface area contributed by atoms with E-state index in [9.17, 15) is 9.59 Å². The molecule has 0 saturated carbocycles. The minimum absolute atomic E-state index is 0.0424. The molecular weight excluding hydrogens is 328 g/mol. The molecule has 0 radical (unpaired) electrons. The fourth-order valence-electron chi connectivity index (χ4n) is 1.88. The Kier molecular flexibility index (Phi) is 6.55. The third-order valence-electron chi connectivity index (χ3n) is 2.90. The molecular formula is C17H18N2O2S2. The first-order chi connectivity index (χ1) is 11.1. The van der Waals surface area contributed by atoms with Gasteiger partial charge in [-0.05, 0) is 48.7 Å². The first-order valence-corrected chi connectivity index (χ1v) is 9.22. The van der Waals surface area contributed by atoms with Gasteiger partial charge in [-0.3, -0.25) is 9.59 Å². The van der Waals surface area contributed by atoms with Gasteiger partial charge in [-0.2, -0.15) is 0 Å². The van der Waals surface area contributed by atoms with E-state index in [1.807, 2.05) is 54.8 Å². The number of amides is 2. The molecule has 0 fully saturated rings. The Hall–Kier alpha value is -1.92. The summed E-state index contributed by atoms with van der Waals surface area (Å²) in [5.74, 6) is 0.194. The summed E-state index contributed by atoms with van der Waals surface area (Å²) in [5.41, 5.74) is 1.56. The molecule has 6 heteroatoms. The van der Waals surface area contributed by atoms with E-state index < -0.39 is 0 Å². The topological polar surface area (TPSA) is 58.2 Å². The zero-order valence-electron chi connectivity index (χ0n) is 13.0. The summed E-state index contributed by atoms with van der Waals surface area (Å²) in [6.07, 6.45) is 2.00. The van der Waals surface area contributed by atoms with E-state index in [0.29, 0.717) is 5.75 Å². The number of benzene rings is 2. The second-order valence-electron chi connectivity index (χ2n) is 4.77. The van der Waals surface area contributed by atoms with Crippen LogP contribution in [0.5, 0.6) is 0 Å². The summed E-state index contributed by atoms with van der Waals surface area (Å²) in [4.78, 5) is 25.1. The third kappa shape index (κ3) is 6.00. The molecule has 2 aromatic rings. The van der Waals surface area contributed by atoms with Gasteiger partial charge in [-0.15, -0.1) is 23.5 Å². The van der Waals surface area contributed by atoms with Gasteiger partial charge in [0.05, 0.1) is 5.75 Å². The number of carbonyl (C=O) groups excluding carboxylic acids is 2. The Balaban J connectivity index is 1.85. The van der Waals surface area contributed by atoms with Gasteiger partial charge in [0.25, 0.3) is 0 Å². The summed E-state index contributed by atoms with van der Waals surface area (Å²) < 4.78 is 0. The van der Waals surface area contributed by atoms with Gasteiger partial charge in [0.15, 0.2) is 0 Å². The molecule has 2 rings (SSSR count). The van der Waals surface area contributed by atoms with Crippen LogP contribution in [0.3, 0.4) is 0 Å². The van der Waals surface area contributed by atoms with Crippen LogP contribution in [-0.4, -0.2) is 23.8 Å². The lowest BCUT2D eigenvalue weighted by Gasteiger charge is -2.07. The van der Waals surface area contributed by atoms with Crippen molar-refractivity contribution in [2.75, 3.05) is 22.6 Å². The van der Waals surface area contributed by atoms with Gasteiger partial charge in [0, 0.05) is 28.1 Å². The zero-order chi connectivity index (χ0) is 16.7. The molecule has 0 bridgehead atoms. The predicted octanol–water partition coefficient (Wildman–Crippen LogP) is 4.10. The lowest BCUT2D eigenvalue weighted by molar-refractivity contribution is -0.114. The van der Waals surface area contributed by atoms with Crippen molar-refractivity contribution >= 4 is 46.7 Å². The van der Waals surface area contributed by atoms with Gasteiger partial charge in [0.1, 0.15) is 0 Å². The van der Waals surface area contributed by atoms with E-state index in [2.05, 4.69) is 10.6 Å². The number of thioether (sulfide) groups is 2. The fraction of sp³-hybridized carbons (Fsp3) is 0.176. The van der Waals surface area contributed by atoms with E-state index in [4.69, 9.17) is 0 Å². The first kappa shape index (κ1) is 17.4. The lowest BCUT2D eigenvalue weighted by Crippen LogP contribution is -2.13. The Labute approximate surface area is 144 Å². The highest BCUT2D eigenvalue weighted by atomic mass is 32.2. The number of carbonyl (C=O) groups is 2. The monoisotopic (exact) mass is 346 g/mol. The Morgan fingerprint density at radius 1 is 0.957 bits per heavy atom. The maximum absolute atomic E-state index is 12.0. The van der Waals surface area contributed by atoms with Gasteiger partial charge in [-0.25, -0.2) is 0 Å². The Bertz CT molecular complexity index is 687. The minimum Gasteiger partial charge on any atom is -0.326 e. The molecule has 0 aliphatic carbocycles. The van der Waals surface area contributed by atoms with Crippen molar-refractivity contribution in [3.05, 3.63) is 48.5 Å². The standard InChI is InChI=1S/C17H18N2O2S2/c1-12(20)18-13-6-8-15(9-7-13)23-11-17(21)19-14-4-3-5-16(10-14)22-2/h3-10H,11H2,1-2H3,(H,18,20)(H,19,21). The van der Waals surface area contributed by atoms with Crippen LogP contribution in [-0.2, 0) is 9.59 Å². The van der Waals surface area contributed by atoms with Crippen LogP contribution in [0.25, 0.3) is 0 Å². The number of nitrogens with one attached hydrogen (secondary N) is 2. The van der Waals surface area contributed by atoms with Gasteiger partial charge in [0.2, 0.25) is 11.8 Å². The zero-order valence-corrected chi connectivity index (χ0v) is 14.6. The van der Waals surface area contributed by atoms with Crippen molar-refractivity contribution in [3.8, 4) is 0 Å². The third-order valence-corrected chi connectivity index (χ3v) is 4.64. The quantitative estimate of drug-likeness (QED) is 0.773. The molecule has 2 N–H and O–H groups in total. The molecule has 4 nitrogen and oxygen atoms in total. The second-order valence-corrected chi connectivity index (χ2v) is 6.70. The Morgan fingerprint density at radius 3 is 2.35 bits per heavy atom. The Morgan fingerprint density at radius 2 is 1.70 bits per heavy atom. The maximum atomic E-state index is 12.0. The molecule has 0 aromatic heterocycles. The summed E-state index contributed by atoms with van der Waals surface area (Å²) >= 11 is 3.09. The first-order valence-electron chi connectivity index (χ1n) is 7.01. The molecule has 0 aliphatic heterocycles. The summed E-state index contributed by atoms with van der Waals surface area (Å²) in [5, 5.41) is 5.61. The molecule has 0 spiro atoms. The van der Waals surface area contributed by atoms with Gasteiger partial charge >= 0.3 is 0 Å². The maximum Gasteiger partial charge on any atom is 0.234 e. The summed E-state index contributed by atoms with van der Waals surface area (Å²) in [6.45, 7) is 1.47. The van der Waals surface area contributed by atoms with Crippen LogP contribution in [0.15, 0.2) is 58.3 Å². The number of anilines is 2. The molecule has 120 valence electrons. The number of hydrogen-bond acceptors (Lipinski definition) is 4. The normalized spacial score (nSPS) is 10.2. The van der Waals surface area contributed by atoms with Crippen LogP contribution in [0.1, 0.15) is 6.92 Å². The van der Waals surface area contributed by atoms with Gasteiger partial charge < -0.3 is 10.6 Å². The number of rotatable bonds is 6. The van der Waals surface area contributed by atoms with Crippen molar-refractivity contribution in [2.45, 2.75) is 16.7 Å². The minimum atomic E-state index is -0.0998. The number of hydrogen-bond donors (Lipinski definition) is 2. The molecule has 0 heterocycles. The SMILES string of the molecule is CSc1cccc(NC(=O)CSc2ccc(NC(C)=O)cc2)c1. The van der Waals surface area contributed by atoms with Crippen molar-refractivity contribution < 1.29 is 9.59 Å². The van der Waals surface area contributed by atoms with Crippen molar-refractivity contribution in [3.63, 3.8) is 0 Å².